The molecule has 0 radical (unpaired) electrons. The lowest BCUT2D eigenvalue weighted by Crippen LogP contribution is -1.95. The number of benzene rings is 1. The summed E-state index contributed by atoms with van der Waals surface area (Å²) >= 11 is 0. The summed E-state index contributed by atoms with van der Waals surface area (Å²) in [5, 5.41) is 0. The predicted octanol–water partition coefficient (Wildman–Crippen LogP) is 1.15. The molecule has 0 aliphatic rings. The molecule has 1 aromatic carbocycles. The zero-order valence-electron chi connectivity index (χ0n) is 7.79. The second-order valence-corrected chi connectivity index (χ2v) is 1.87. The van der Waals surface area contributed by atoms with Crippen molar-refractivity contribution in [1.29, 1.82) is 0 Å². The summed E-state index contributed by atoms with van der Waals surface area (Å²) in [6.07, 6.45) is 0. The molecular formula is C8H11NO. The molecule has 0 fully saturated rings. The first-order chi connectivity index (χ1) is 5.54. The molecule has 54 valence electrons. The molecule has 2 N–H and O–H groups in total. The topological polar surface area (TPSA) is 35.2 Å². The number of methoxy groups -OCH3 is 1. The van der Waals surface area contributed by atoms with Crippen molar-refractivity contribution < 1.29 is 7.48 Å². The van der Waals surface area contributed by atoms with Crippen LogP contribution in [0.4, 0.5) is 0 Å². The molecule has 0 bridgehead atoms. The van der Waals surface area contributed by atoms with Crippen LogP contribution >= 0.6 is 0 Å². The zero-order chi connectivity index (χ0) is 9.19. The molecule has 0 aliphatic heterocycles. The van der Waals surface area contributed by atoms with Gasteiger partial charge in [-0.05, 0) is 17.7 Å². The van der Waals surface area contributed by atoms with Crippen LogP contribution in [0.1, 0.15) is 8.30 Å². The van der Waals surface area contributed by atoms with Crippen LogP contribution in [-0.2, 0) is 6.50 Å². The maximum absolute atomic E-state index is 7.20. The van der Waals surface area contributed by atoms with Gasteiger partial charge >= 0.3 is 0 Å². The predicted molar refractivity (Wildman–Crippen MR) is 40.9 cm³/mol. The van der Waals surface area contributed by atoms with Crippen molar-refractivity contribution in [3.8, 4) is 5.75 Å². The van der Waals surface area contributed by atoms with Gasteiger partial charge in [0.2, 0.25) is 0 Å². The van der Waals surface area contributed by atoms with Gasteiger partial charge in [0.15, 0.2) is 0 Å². The van der Waals surface area contributed by atoms with Crippen molar-refractivity contribution in [3.05, 3.63) is 29.8 Å². The first kappa shape index (κ1) is 4.74. The highest BCUT2D eigenvalue weighted by molar-refractivity contribution is 5.26. The fraction of sp³-hybridized carbons (Fsp3) is 0.250. The Morgan fingerprint density at radius 2 is 2.10 bits per heavy atom. The van der Waals surface area contributed by atoms with Crippen LogP contribution in [0.15, 0.2) is 24.3 Å². The summed E-state index contributed by atoms with van der Waals surface area (Å²) in [5.74, 6) is 0.697. The van der Waals surface area contributed by atoms with Gasteiger partial charge < -0.3 is 10.5 Å². The van der Waals surface area contributed by atoms with Crippen molar-refractivity contribution in [2.75, 3.05) is 7.11 Å². The number of hydrogen-bond acceptors (Lipinski definition) is 2. The number of rotatable bonds is 2. The second kappa shape index (κ2) is 3.22. The first-order valence-electron chi connectivity index (χ1n) is 3.97. The van der Waals surface area contributed by atoms with Gasteiger partial charge in [0.25, 0.3) is 0 Å². The highest BCUT2D eigenvalue weighted by Gasteiger charge is 1.89. The van der Waals surface area contributed by atoms with E-state index in [-0.39, 0.29) is 0 Å². The molecule has 0 saturated carbocycles. The molecule has 0 heterocycles. The summed E-state index contributed by atoms with van der Waals surface area (Å²) in [4.78, 5) is 0. The normalized spacial score (nSPS) is 13.8. The van der Waals surface area contributed by atoms with Crippen LogP contribution in [0.25, 0.3) is 0 Å². The Balaban J connectivity index is 2.93. The van der Waals surface area contributed by atoms with Gasteiger partial charge in [0, 0.05) is 9.24 Å². The van der Waals surface area contributed by atoms with Gasteiger partial charge in [0.1, 0.15) is 5.75 Å². The molecule has 0 spiro atoms. The number of hydrogen-bond donors (Lipinski definition) is 1. The van der Waals surface area contributed by atoms with Crippen molar-refractivity contribution in [3.63, 3.8) is 0 Å². The molecule has 1 aromatic rings. The molecule has 2 heteroatoms. The Labute approximate surface area is 63.4 Å². The van der Waals surface area contributed by atoms with Crippen LogP contribution in [0.3, 0.4) is 0 Å². The van der Waals surface area contributed by atoms with Crippen molar-refractivity contribution in [1.82, 2.24) is 0 Å². The minimum atomic E-state index is -1.77. The second-order valence-electron chi connectivity index (χ2n) is 1.87. The molecule has 0 atom stereocenters. The van der Waals surface area contributed by atoms with E-state index < -0.39 is 6.50 Å². The van der Waals surface area contributed by atoms with Gasteiger partial charge in [-0.2, -0.15) is 0 Å². The van der Waals surface area contributed by atoms with Crippen molar-refractivity contribution >= 4 is 0 Å². The van der Waals surface area contributed by atoms with E-state index >= 15 is 0 Å². The molecule has 0 unspecified atom stereocenters. The van der Waals surface area contributed by atoms with Crippen molar-refractivity contribution in [2.45, 2.75) is 6.50 Å². The molecule has 1 rings (SSSR count). The van der Waals surface area contributed by atoms with E-state index in [0.717, 1.165) is 0 Å². The smallest absolute Gasteiger partial charge is 0.118 e. The third kappa shape index (κ3) is 1.48. The third-order valence-electron chi connectivity index (χ3n) is 1.26. The molecule has 0 amide bonds. The van der Waals surface area contributed by atoms with Gasteiger partial charge in [0.05, 0.1) is 7.11 Å². The lowest BCUT2D eigenvalue weighted by atomic mass is 10.2. The average Bonchev–Trinajstić information content (AvgIpc) is 2.03. The molecular weight excluding hydrogens is 126 g/mol. The van der Waals surface area contributed by atoms with Gasteiger partial charge in [-0.25, -0.2) is 0 Å². The van der Waals surface area contributed by atoms with Gasteiger partial charge in [-0.15, -0.1) is 0 Å². The fourth-order valence-electron chi connectivity index (χ4n) is 0.687. The van der Waals surface area contributed by atoms with E-state index in [0.29, 0.717) is 11.3 Å². The Morgan fingerprint density at radius 3 is 2.50 bits per heavy atom. The zero-order valence-corrected chi connectivity index (χ0v) is 5.79. The summed E-state index contributed by atoms with van der Waals surface area (Å²) in [5.41, 5.74) is 5.69. The Bertz CT molecular complexity index is 253. The highest BCUT2D eigenvalue weighted by atomic mass is 16.5. The average molecular weight is 139 g/mol. The number of ether oxygens (including phenoxy) is 1. The molecule has 2 nitrogen and oxygen atoms in total. The van der Waals surface area contributed by atoms with E-state index in [4.69, 9.17) is 13.2 Å². The van der Waals surface area contributed by atoms with Crippen LogP contribution in [0.5, 0.6) is 5.75 Å². The van der Waals surface area contributed by atoms with Crippen LogP contribution in [-0.4, -0.2) is 7.11 Å². The summed E-state index contributed by atoms with van der Waals surface area (Å²) < 4.78 is 19.3. The van der Waals surface area contributed by atoms with Gasteiger partial charge in [-0.3, -0.25) is 0 Å². The first-order valence-corrected chi connectivity index (χ1v) is 2.97. The van der Waals surface area contributed by atoms with Crippen LogP contribution in [0, 0.1) is 0 Å². The minimum absolute atomic E-state index is 0.448. The summed E-state index contributed by atoms with van der Waals surface area (Å²) in [6, 6.07) is 6.58. The van der Waals surface area contributed by atoms with E-state index in [1.807, 2.05) is 0 Å². The SMILES string of the molecule is [2H]C([2H])(N)c1ccc(OC)cc1. The Kier molecular flexibility index (Phi) is 1.53. The maximum Gasteiger partial charge on any atom is 0.118 e. The van der Waals surface area contributed by atoms with E-state index in [2.05, 4.69) is 0 Å². The van der Waals surface area contributed by atoms with Crippen molar-refractivity contribution in [2.24, 2.45) is 5.73 Å². The molecule has 0 saturated heterocycles. The van der Waals surface area contributed by atoms with Gasteiger partial charge in [-0.1, -0.05) is 12.1 Å². The Morgan fingerprint density at radius 1 is 1.50 bits per heavy atom. The quantitative estimate of drug-likeness (QED) is 0.667. The summed E-state index contributed by atoms with van der Waals surface area (Å²) in [6.45, 7) is -1.77. The fourth-order valence-corrected chi connectivity index (χ4v) is 0.687. The van der Waals surface area contributed by atoms with Crippen LogP contribution < -0.4 is 10.5 Å². The largest absolute Gasteiger partial charge is 0.497 e. The number of nitrogens with two attached hydrogens (primary N) is 1. The lowest BCUT2D eigenvalue weighted by Gasteiger charge is -1.99. The monoisotopic (exact) mass is 139 g/mol. The maximum atomic E-state index is 7.20. The Hall–Kier alpha value is -1.02. The molecule has 0 aliphatic carbocycles. The summed E-state index contributed by atoms with van der Waals surface area (Å²) in [7, 11) is 1.56. The standard InChI is InChI=1S/C8H11NO/c1-10-8-4-2-7(6-9)3-5-8/h2-5H,6,9H2,1H3/i6D2. The van der Waals surface area contributed by atoms with Crippen LogP contribution in [0.2, 0.25) is 0 Å². The lowest BCUT2D eigenvalue weighted by molar-refractivity contribution is 0.414. The highest BCUT2D eigenvalue weighted by Crippen LogP contribution is 2.09. The van der Waals surface area contributed by atoms with E-state index in [1.54, 1.807) is 31.4 Å². The minimum Gasteiger partial charge on any atom is -0.497 e. The van der Waals surface area contributed by atoms with E-state index in [1.165, 1.54) is 0 Å². The van der Waals surface area contributed by atoms with E-state index in [9.17, 15) is 0 Å². The molecule has 0 aromatic heterocycles. The third-order valence-corrected chi connectivity index (χ3v) is 1.26. The molecule has 10 heavy (non-hydrogen) atoms.